The summed E-state index contributed by atoms with van der Waals surface area (Å²) in [6.45, 7) is 4.18. The van der Waals surface area contributed by atoms with Gasteiger partial charge in [0.2, 0.25) is 0 Å². The highest BCUT2D eigenvalue weighted by Gasteiger charge is 2.24. The molecule has 1 aliphatic rings. The zero-order valence-electron chi connectivity index (χ0n) is 22.9. The molecule has 4 aromatic heterocycles. The third-order valence-corrected chi connectivity index (χ3v) is 7.67. The van der Waals surface area contributed by atoms with Crippen molar-refractivity contribution in [2.24, 2.45) is 0 Å². The van der Waals surface area contributed by atoms with E-state index < -0.39 is 0 Å². The standard InChI is InChI=1S/C35H28N6/c1-24-20-36-15-11-32(24)40(33-12-16-37-21-25(33)2)30-7-3-26(4-8-30)27-5-9-31(10-6-27)41-34-13-17-38-22-28(34)19-29-23-39-18-14-35(29)41/h3-18,20-23H,19H2,1-2H3. The molecule has 0 spiro atoms. The summed E-state index contributed by atoms with van der Waals surface area (Å²) in [5, 5.41) is 0. The van der Waals surface area contributed by atoms with Crippen LogP contribution in [0.15, 0.2) is 122 Å². The lowest BCUT2D eigenvalue weighted by atomic mass is 9.97. The Kier molecular flexibility index (Phi) is 6.21. The molecular formula is C35H28N6. The third-order valence-electron chi connectivity index (χ3n) is 7.67. The zero-order chi connectivity index (χ0) is 27.8. The SMILES string of the molecule is Cc1cnccc1N(c1ccc(-c2ccc(N3c4ccncc4Cc4cnccc43)cc2)cc1)c1ccncc1C. The number of fused-ring (bicyclic) bond motifs is 2. The highest BCUT2D eigenvalue weighted by Crippen LogP contribution is 2.43. The molecule has 5 heterocycles. The molecule has 41 heavy (non-hydrogen) atoms. The molecule has 198 valence electrons. The number of aromatic nitrogens is 4. The topological polar surface area (TPSA) is 58.0 Å². The second-order valence-electron chi connectivity index (χ2n) is 10.3. The first-order valence-electron chi connectivity index (χ1n) is 13.6. The number of hydrogen-bond acceptors (Lipinski definition) is 6. The number of rotatable bonds is 5. The Hall–Kier alpha value is -5.36. The molecule has 0 aliphatic carbocycles. The first kappa shape index (κ1) is 24.7. The van der Waals surface area contributed by atoms with Gasteiger partial charge in [-0.05, 0) is 95.8 Å². The summed E-state index contributed by atoms with van der Waals surface area (Å²) in [7, 11) is 0. The van der Waals surface area contributed by atoms with Crippen LogP contribution in [0, 0.1) is 13.8 Å². The van der Waals surface area contributed by atoms with Crippen LogP contribution in [-0.2, 0) is 6.42 Å². The van der Waals surface area contributed by atoms with E-state index in [1.165, 1.54) is 11.1 Å². The smallest absolute Gasteiger partial charge is 0.0527 e. The van der Waals surface area contributed by atoms with Crippen molar-refractivity contribution in [3.8, 4) is 11.1 Å². The molecule has 0 N–H and O–H groups in total. The second kappa shape index (κ2) is 10.3. The molecule has 0 radical (unpaired) electrons. The number of pyridine rings is 4. The largest absolute Gasteiger partial charge is 0.310 e. The predicted molar refractivity (Wildman–Crippen MR) is 165 cm³/mol. The average Bonchev–Trinajstić information content (AvgIpc) is 3.02. The Morgan fingerprint density at radius 3 is 1.51 bits per heavy atom. The quantitative estimate of drug-likeness (QED) is 0.222. The Balaban J connectivity index is 1.23. The number of benzene rings is 2. The summed E-state index contributed by atoms with van der Waals surface area (Å²) in [5.74, 6) is 0. The lowest BCUT2D eigenvalue weighted by Gasteiger charge is -2.33. The molecule has 1 aliphatic heterocycles. The van der Waals surface area contributed by atoms with E-state index in [4.69, 9.17) is 0 Å². The second-order valence-corrected chi connectivity index (χ2v) is 10.3. The maximum Gasteiger partial charge on any atom is 0.0527 e. The first-order chi connectivity index (χ1) is 20.2. The van der Waals surface area contributed by atoms with E-state index in [9.17, 15) is 0 Å². The maximum absolute atomic E-state index is 4.36. The molecule has 7 rings (SSSR count). The summed E-state index contributed by atoms with van der Waals surface area (Å²) in [6.07, 6.45) is 16.0. The van der Waals surface area contributed by atoms with Crippen LogP contribution in [0.2, 0.25) is 0 Å². The van der Waals surface area contributed by atoms with Crippen molar-refractivity contribution in [2.75, 3.05) is 9.80 Å². The van der Waals surface area contributed by atoms with Crippen LogP contribution in [0.3, 0.4) is 0 Å². The van der Waals surface area contributed by atoms with Crippen molar-refractivity contribution >= 4 is 34.1 Å². The molecule has 0 atom stereocenters. The van der Waals surface area contributed by atoms with Crippen molar-refractivity contribution < 1.29 is 0 Å². The van der Waals surface area contributed by atoms with E-state index in [2.05, 4.69) is 116 Å². The van der Waals surface area contributed by atoms with Crippen molar-refractivity contribution in [3.05, 3.63) is 145 Å². The lowest BCUT2D eigenvalue weighted by molar-refractivity contribution is 1.04. The van der Waals surface area contributed by atoms with Crippen molar-refractivity contribution in [3.63, 3.8) is 0 Å². The number of aryl methyl sites for hydroxylation is 2. The van der Waals surface area contributed by atoms with Gasteiger partial charge in [-0.15, -0.1) is 0 Å². The number of hydrogen-bond donors (Lipinski definition) is 0. The normalized spacial score (nSPS) is 12.0. The van der Waals surface area contributed by atoms with Crippen LogP contribution < -0.4 is 9.80 Å². The average molecular weight is 533 g/mol. The van der Waals surface area contributed by atoms with Gasteiger partial charge in [0.1, 0.15) is 0 Å². The molecule has 0 saturated carbocycles. The van der Waals surface area contributed by atoms with Gasteiger partial charge in [0, 0.05) is 67.4 Å². The van der Waals surface area contributed by atoms with Gasteiger partial charge in [0.15, 0.2) is 0 Å². The van der Waals surface area contributed by atoms with E-state index >= 15 is 0 Å². The van der Waals surface area contributed by atoms with Gasteiger partial charge in [-0.25, -0.2) is 0 Å². The van der Waals surface area contributed by atoms with Gasteiger partial charge in [-0.2, -0.15) is 0 Å². The Bertz CT molecular complexity index is 1760. The number of nitrogens with zero attached hydrogens (tertiary/aromatic N) is 6. The summed E-state index contributed by atoms with van der Waals surface area (Å²) < 4.78 is 0. The fourth-order valence-electron chi connectivity index (χ4n) is 5.61. The van der Waals surface area contributed by atoms with Crippen molar-refractivity contribution in [1.29, 1.82) is 0 Å². The Morgan fingerprint density at radius 2 is 1.00 bits per heavy atom. The Morgan fingerprint density at radius 1 is 0.537 bits per heavy atom. The highest BCUT2D eigenvalue weighted by atomic mass is 15.2. The summed E-state index contributed by atoms with van der Waals surface area (Å²) >= 11 is 0. The lowest BCUT2D eigenvalue weighted by Crippen LogP contribution is -2.18. The molecule has 6 aromatic rings. The van der Waals surface area contributed by atoms with Crippen LogP contribution in [0.4, 0.5) is 34.1 Å². The van der Waals surface area contributed by atoms with Crippen LogP contribution in [0.5, 0.6) is 0 Å². The molecule has 0 unspecified atom stereocenters. The van der Waals surface area contributed by atoms with E-state index in [1.807, 2.05) is 49.6 Å². The minimum atomic E-state index is 0.836. The van der Waals surface area contributed by atoms with Crippen LogP contribution in [0.1, 0.15) is 22.3 Å². The van der Waals surface area contributed by atoms with Crippen LogP contribution in [-0.4, -0.2) is 19.9 Å². The van der Waals surface area contributed by atoms with E-state index in [0.29, 0.717) is 0 Å². The fourth-order valence-corrected chi connectivity index (χ4v) is 5.61. The summed E-state index contributed by atoms with van der Waals surface area (Å²) in [4.78, 5) is 21.9. The van der Waals surface area contributed by atoms with Crippen molar-refractivity contribution in [1.82, 2.24) is 19.9 Å². The van der Waals surface area contributed by atoms with Gasteiger partial charge in [-0.1, -0.05) is 24.3 Å². The molecule has 0 saturated heterocycles. The Labute approximate surface area is 239 Å². The highest BCUT2D eigenvalue weighted by molar-refractivity contribution is 5.84. The minimum absolute atomic E-state index is 0.836. The summed E-state index contributed by atoms with van der Waals surface area (Å²) in [6, 6.07) is 25.8. The summed E-state index contributed by atoms with van der Waals surface area (Å²) in [5.41, 5.74) is 13.6. The van der Waals surface area contributed by atoms with Gasteiger partial charge in [0.05, 0.1) is 22.7 Å². The molecule has 6 heteroatoms. The first-order valence-corrected chi connectivity index (χ1v) is 13.6. The molecule has 0 bridgehead atoms. The van der Waals surface area contributed by atoms with Gasteiger partial charge >= 0.3 is 0 Å². The van der Waals surface area contributed by atoms with Gasteiger partial charge in [-0.3, -0.25) is 19.9 Å². The molecular weight excluding hydrogens is 504 g/mol. The van der Waals surface area contributed by atoms with Crippen molar-refractivity contribution in [2.45, 2.75) is 20.3 Å². The minimum Gasteiger partial charge on any atom is -0.310 e. The third kappa shape index (κ3) is 4.49. The molecule has 0 amide bonds. The maximum atomic E-state index is 4.36. The van der Waals surface area contributed by atoms with Crippen LogP contribution in [0.25, 0.3) is 11.1 Å². The van der Waals surface area contributed by atoms with Gasteiger partial charge in [0.25, 0.3) is 0 Å². The van der Waals surface area contributed by atoms with Crippen LogP contribution >= 0.6 is 0 Å². The molecule has 2 aromatic carbocycles. The van der Waals surface area contributed by atoms with Gasteiger partial charge < -0.3 is 9.80 Å². The zero-order valence-corrected chi connectivity index (χ0v) is 22.9. The number of anilines is 6. The molecule has 6 nitrogen and oxygen atoms in total. The van der Waals surface area contributed by atoms with E-state index in [0.717, 1.165) is 62.8 Å². The van der Waals surface area contributed by atoms with E-state index in [-0.39, 0.29) is 0 Å². The fraction of sp³-hybridized carbons (Fsp3) is 0.0857. The predicted octanol–water partition coefficient (Wildman–Crippen LogP) is 8.39. The van der Waals surface area contributed by atoms with E-state index in [1.54, 1.807) is 0 Å². The molecule has 0 fully saturated rings. The monoisotopic (exact) mass is 532 g/mol.